The van der Waals surface area contributed by atoms with E-state index in [-0.39, 0.29) is 19.1 Å². The van der Waals surface area contributed by atoms with Gasteiger partial charge in [0.05, 0.1) is 12.1 Å². The third kappa shape index (κ3) is 4.55. The Hall–Kier alpha value is -1.26. The van der Waals surface area contributed by atoms with Crippen LogP contribution in [0, 0.1) is 6.92 Å². The lowest BCUT2D eigenvalue weighted by Gasteiger charge is -2.23. The molecule has 4 nitrogen and oxygen atoms in total. The average Bonchev–Trinajstić information content (AvgIpc) is 2.30. The maximum atomic E-state index is 11.6. The quantitative estimate of drug-likeness (QED) is 0.860. The van der Waals surface area contributed by atoms with Crippen LogP contribution in [0.3, 0.4) is 0 Å². The van der Waals surface area contributed by atoms with Crippen LogP contribution >= 0.6 is 11.6 Å². The topological polar surface area (TPSA) is 58.6 Å². The van der Waals surface area contributed by atoms with Crippen LogP contribution in [0.15, 0.2) is 18.2 Å². The molecular weight excluding hydrogens is 254 g/mol. The third-order valence-electron chi connectivity index (χ3n) is 2.37. The van der Waals surface area contributed by atoms with Gasteiger partial charge in [-0.2, -0.15) is 0 Å². The van der Waals surface area contributed by atoms with Gasteiger partial charge < -0.3 is 15.2 Å². The van der Waals surface area contributed by atoms with Gasteiger partial charge in [0.25, 0.3) is 5.91 Å². The van der Waals surface area contributed by atoms with Crippen LogP contribution < -0.4 is 10.1 Å². The Morgan fingerprint density at radius 1 is 1.50 bits per heavy atom. The molecule has 0 saturated heterocycles. The summed E-state index contributed by atoms with van der Waals surface area (Å²) in [7, 11) is 0. The largest absolute Gasteiger partial charge is 0.484 e. The lowest BCUT2D eigenvalue weighted by molar-refractivity contribution is -0.125. The fourth-order valence-corrected chi connectivity index (χ4v) is 1.43. The molecule has 18 heavy (non-hydrogen) atoms. The van der Waals surface area contributed by atoms with Crippen molar-refractivity contribution in [2.45, 2.75) is 26.3 Å². The molecule has 5 heteroatoms. The first-order valence-corrected chi connectivity index (χ1v) is 6.03. The van der Waals surface area contributed by atoms with Crippen molar-refractivity contribution < 1.29 is 14.6 Å². The van der Waals surface area contributed by atoms with Crippen molar-refractivity contribution in [3.8, 4) is 5.75 Å². The minimum absolute atomic E-state index is 0.0928. The Labute approximate surface area is 112 Å². The number of benzene rings is 1. The van der Waals surface area contributed by atoms with E-state index in [4.69, 9.17) is 21.4 Å². The molecular formula is C13H18ClNO3. The molecule has 0 heterocycles. The van der Waals surface area contributed by atoms with Gasteiger partial charge in [-0.3, -0.25) is 4.79 Å². The Bertz CT molecular complexity index is 432. The fraction of sp³-hybridized carbons (Fsp3) is 0.462. The standard InChI is InChI=1S/C13H18ClNO3/c1-9-6-10(4-5-11(9)14)18-7-12(17)15-13(2,3)8-16/h4-6,16H,7-8H2,1-3H3,(H,15,17). The zero-order valence-electron chi connectivity index (χ0n) is 10.8. The minimum atomic E-state index is -0.643. The maximum Gasteiger partial charge on any atom is 0.258 e. The number of hydrogen-bond donors (Lipinski definition) is 2. The number of carbonyl (C=O) groups excluding carboxylic acids is 1. The number of ether oxygens (including phenoxy) is 1. The van der Waals surface area contributed by atoms with Crippen LogP contribution in [0.1, 0.15) is 19.4 Å². The molecule has 0 radical (unpaired) electrons. The second kappa shape index (κ2) is 6.07. The molecule has 0 fully saturated rings. The van der Waals surface area contributed by atoms with E-state index in [0.717, 1.165) is 5.56 Å². The number of aliphatic hydroxyl groups is 1. The SMILES string of the molecule is Cc1cc(OCC(=O)NC(C)(C)CO)ccc1Cl. The van der Waals surface area contributed by atoms with Crippen LogP contribution in [0.25, 0.3) is 0 Å². The second-order valence-electron chi connectivity index (χ2n) is 4.79. The Balaban J connectivity index is 2.50. The predicted molar refractivity (Wildman–Crippen MR) is 71.0 cm³/mol. The third-order valence-corrected chi connectivity index (χ3v) is 2.80. The number of aliphatic hydroxyl groups excluding tert-OH is 1. The zero-order chi connectivity index (χ0) is 13.8. The Kier molecular flexibility index (Phi) is 4.99. The summed E-state index contributed by atoms with van der Waals surface area (Å²) in [6, 6.07) is 5.20. The van der Waals surface area contributed by atoms with Crippen LogP contribution in [-0.2, 0) is 4.79 Å². The predicted octanol–water partition coefficient (Wildman–Crippen LogP) is 1.91. The summed E-state index contributed by atoms with van der Waals surface area (Å²) in [5, 5.41) is 12.3. The molecule has 100 valence electrons. The Morgan fingerprint density at radius 3 is 2.72 bits per heavy atom. The van der Waals surface area contributed by atoms with Crippen molar-refractivity contribution in [2.75, 3.05) is 13.2 Å². The van der Waals surface area contributed by atoms with Crippen molar-refractivity contribution in [3.05, 3.63) is 28.8 Å². The van der Waals surface area contributed by atoms with Gasteiger partial charge in [-0.25, -0.2) is 0 Å². The van der Waals surface area contributed by atoms with Crippen molar-refractivity contribution >= 4 is 17.5 Å². The van der Waals surface area contributed by atoms with E-state index in [1.807, 2.05) is 6.92 Å². The fourth-order valence-electron chi connectivity index (χ4n) is 1.31. The average molecular weight is 272 g/mol. The zero-order valence-corrected chi connectivity index (χ0v) is 11.5. The van der Waals surface area contributed by atoms with E-state index < -0.39 is 5.54 Å². The van der Waals surface area contributed by atoms with E-state index in [2.05, 4.69) is 5.32 Å². The maximum absolute atomic E-state index is 11.6. The molecule has 1 rings (SSSR count). The lowest BCUT2D eigenvalue weighted by atomic mass is 10.1. The first-order chi connectivity index (χ1) is 8.34. The van der Waals surface area contributed by atoms with Gasteiger partial charge in [-0.1, -0.05) is 11.6 Å². The van der Waals surface area contributed by atoms with Gasteiger partial charge in [0.2, 0.25) is 0 Å². The number of aryl methyl sites for hydroxylation is 1. The number of hydrogen-bond acceptors (Lipinski definition) is 3. The normalized spacial score (nSPS) is 11.2. The highest BCUT2D eigenvalue weighted by atomic mass is 35.5. The molecule has 2 N–H and O–H groups in total. The first-order valence-electron chi connectivity index (χ1n) is 5.65. The minimum Gasteiger partial charge on any atom is -0.484 e. The number of carbonyl (C=O) groups is 1. The molecule has 0 aliphatic rings. The smallest absolute Gasteiger partial charge is 0.258 e. The number of amides is 1. The molecule has 0 aromatic heterocycles. The summed E-state index contributed by atoms with van der Waals surface area (Å²) < 4.78 is 5.34. The van der Waals surface area contributed by atoms with Crippen LogP contribution in [0.4, 0.5) is 0 Å². The summed E-state index contributed by atoms with van der Waals surface area (Å²) >= 11 is 5.89. The molecule has 1 aromatic rings. The summed E-state index contributed by atoms with van der Waals surface area (Å²) in [4.78, 5) is 11.6. The van der Waals surface area contributed by atoms with Gasteiger partial charge in [0.15, 0.2) is 6.61 Å². The van der Waals surface area contributed by atoms with Gasteiger partial charge in [-0.05, 0) is 44.5 Å². The van der Waals surface area contributed by atoms with Crippen molar-refractivity contribution in [1.82, 2.24) is 5.32 Å². The summed E-state index contributed by atoms with van der Waals surface area (Å²) in [6.45, 7) is 5.11. The van der Waals surface area contributed by atoms with Crippen LogP contribution in [0.2, 0.25) is 5.02 Å². The van der Waals surface area contributed by atoms with E-state index in [0.29, 0.717) is 10.8 Å². The Morgan fingerprint density at radius 2 is 2.17 bits per heavy atom. The summed E-state index contributed by atoms with van der Waals surface area (Å²) in [5.41, 5.74) is 0.251. The molecule has 0 bridgehead atoms. The van der Waals surface area contributed by atoms with E-state index in [1.165, 1.54) is 0 Å². The number of rotatable bonds is 5. The van der Waals surface area contributed by atoms with E-state index >= 15 is 0 Å². The van der Waals surface area contributed by atoms with Gasteiger partial charge in [0, 0.05) is 5.02 Å². The van der Waals surface area contributed by atoms with Gasteiger partial charge in [-0.15, -0.1) is 0 Å². The summed E-state index contributed by atoms with van der Waals surface area (Å²) in [6.07, 6.45) is 0. The van der Waals surface area contributed by atoms with Crippen molar-refractivity contribution in [2.24, 2.45) is 0 Å². The highest BCUT2D eigenvalue weighted by Crippen LogP contribution is 2.20. The highest BCUT2D eigenvalue weighted by molar-refractivity contribution is 6.31. The molecule has 0 atom stereocenters. The number of halogens is 1. The second-order valence-corrected chi connectivity index (χ2v) is 5.20. The molecule has 0 aliphatic carbocycles. The molecule has 0 unspecified atom stereocenters. The lowest BCUT2D eigenvalue weighted by Crippen LogP contribution is -2.48. The van der Waals surface area contributed by atoms with Gasteiger partial charge >= 0.3 is 0 Å². The van der Waals surface area contributed by atoms with Crippen molar-refractivity contribution in [1.29, 1.82) is 0 Å². The monoisotopic (exact) mass is 271 g/mol. The molecule has 0 spiro atoms. The van der Waals surface area contributed by atoms with Gasteiger partial charge in [0.1, 0.15) is 5.75 Å². The van der Waals surface area contributed by atoms with E-state index in [1.54, 1.807) is 32.0 Å². The van der Waals surface area contributed by atoms with Crippen LogP contribution in [-0.4, -0.2) is 29.8 Å². The van der Waals surface area contributed by atoms with Crippen molar-refractivity contribution in [3.63, 3.8) is 0 Å². The van der Waals surface area contributed by atoms with Crippen LogP contribution in [0.5, 0.6) is 5.75 Å². The summed E-state index contributed by atoms with van der Waals surface area (Å²) in [5.74, 6) is 0.315. The van der Waals surface area contributed by atoms with E-state index in [9.17, 15) is 4.79 Å². The molecule has 1 amide bonds. The highest BCUT2D eigenvalue weighted by Gasteiger charge is 2.19. The first kappa shape index (κ1) is 14.8. The molecule has 0 aliphatic heterocycles. The molecule has 1 aromatic carbocycles. The number of nitrogens with one attached hydrogen (secondary N) is 1. The molecule has 0 saturated carbocycles.